The van der Waals surface area contributed by atoms with Crippen LogP contribution in [-0.4, -0.2) is 23.3 Å². The van der Waals surface area contributed by atoms with E-state index in [2.05, 4.69) is 9.57 Å². The maximum atomic E-state index is 11.2. The highest BCUT2D eigenvalue weighted by molar-refractivity contribution is 5.94. The summed E-state index contributed by atoms with van der Waals surface area (Å²) < 4.78 is 3.58. The van der Waals surface area contributed by atoms with Crippen molar-refractivity contribution in [3.63, 3.8) is 0 Å². The average Bonchev–Trinajstić information content (AvgIpc) is 2.26. The number of hydrogen-bond acceptors (Lipinski definition) is 5. The second kappa shape index (κ2) is 5.35. The summed E-state index contributed by atoms with van der Waals surface area (Å²) in [5.74, 6) is -0.692. The van der Waals surface area contributed by atoms with Gasteiger partial charge in [0, 0.05) is 5.56 Å². The first-order valence-corrected chi connectivity index (χ1v) is 4.06. The van der Waals surface area contributed by atoms with Gasteiger partial charge in [-0.3, -0.25) is 4.79 Å². The highest BCUT2D eigenvalue weighted by atomic mass is 16.8. The van der Waals surface area contributed by atoms with Crippen LogP contribution in [0.25, 0.3) is 0 Å². The molecule has 1 rings (SSSR count). The number of carbonyl (C=O) groups excluding carboxylic acids is 2. The van der Waals surface area contributed by atoms with Crippen LogP contribution in [0.4, 0.5) is 9.59 Å². The van der Waals surface area contributed by atoms with Gasteiger partial charge >= 0.3 is 12.3 Å². The van der Waals surface area contributed by atoms with Crippen molar-refractivity contribution in [1.82, 2.24) is 5.48 Å². The summed E-state index contributed by atoms with van der Waals surface area (Å²) >= 11 is 0. The molecule has 0 fully saturated rings. The normalized spacial score (nSPS) is 9.00. The van der Waals surface area contributed by atoms with E-state index < -0.39 is 18.2 Å². The number of rotatable bonds is 1. The summed E-state index contributed by atoms with van der Waals surface area (Å²) in [5.41, 5.74) is 1.98. The topological polar surface area (TPSA) is 102 Å². The minimum Gasteiger partial charge on any atom is -0.449 e. The zero-order valence-corrected chi connectivity index (χ0v) is 7.88. The van der Waals surface area contributed by atoms with Crippen LogP contribution in [-0.2, 0) is 9.57 Å². The quantitative estimate of drug-likeness (QED) is 0.422. The summed E-state index contributed by atoms with van der Waals surface area (Å²) in [6.07, 6.45) is -3.35. The maximum Gasteiger partial charge on any atom is 0.543 e. The number of carbonyl (C=O) groups is 3. The smallest absolute Gasteiger partial charge is 0.449 e. The van der Waals surface area contributed by atoms with Crippen LogP contribution in [0.15, 0.2) is 30.3 Å². The van der Waals surface area contributed by atoms with Gasteiger partial charge in [0.2, 0.25) is 0 Å². The predicted octanol–water partition coefficient (Wildman–Crippen LogP) is 1.16. The Morgan fingerprint density at radius 2 is 1.75 bits per heavy atom. The van der Waals surface area contributed by atoms with Crippen molar-refractivity contribution < 1.29 is 29.1 Å². The molecule has 2 N–H and O–H groups in total. The van der Waals surface area contributed by atoms with Crippen LogP contribution in [0.5, 0.6) is 0 Å². The number of amides is 1. The lowest BCUT2D eigenvalue weighted by Crippen LogP contribution is -2.28. The number of hydroxylamine groups is 1. The van der Waals surface area contributed by atoms with E-state index >= 15 is 0 Å². The molecule has 16 heavy (non-hydrogen) atoms. The molecule has 0 saturated carbocycles. The fourth-order valence-corrected chi connectivity index (χ4v) is 0.829. The Kier molecular flexibility index (Phi) is 3.84. The first-order chi connectivity index (χ1) is 7.59. The molecular formula is C9H7NO6. The van der Waals surface area contributed by atoms with E-state index in [1.54, 1.807) is 23.7 Å². The summed E-state index contributed by atoms with van der Waals surface area (Å²) in [6, 6.07) is 7.91. The van der Waals surface area contributed by atoms with E-state index in [4.69, 9.17) is 5.11 Å². The maximum absolute atomic E-state index is 11.2. The fraction of sp³-hybridized carbons (Fsp3) is 0. The Morgan fingerprint density at radius 1 is 1.12 bits per heavy atom. The summed E-state index contributed by atoms with van der Waals surface area (Å²) in [6.45, 7) is 0. The molecule has 0 bridgehead atoms. The molecule has 7 heteroatoms. The first kappa shape index (κ1) is 11.5. The van der Waals surface area contributed by atoms with Crippen LogP contribution in [0.3, 0.4) is 0 Å². The van der Waals surface area contributed by atoms with Gasteiger partial charge in [-0.05, 0) is 12.1 Å². The Bertz CT molecular complexity index is 402. The lowest BCUT2D eigenvalue weighted by Gasteiger charge is -2.03. The molecule has 0 aliphatic rings. The zero-order valence-electron chi connectivity index (χ0n) is 7.88. The van der Waals surface area contributed by atoms with E-state index in [1.165, 1.54) is 12.1 Å². The Morgan fingerprint density at radius 3 is 2.31 bits per heavy atom. The summed E-state index contributed by atoms with van der Waals surface area (Å²) in [5, 5.41) is 8.03. The number of benzene rings is 1. The molecule has 84 valence electrons. The van der Waals surface area contributed by atoms with Crippen LogP contribution in [0, 0.1) is 0 Å². The van der Waals surface area contributed by atoms with Crippen LogP contribution in [0.1, 0.15) is 10.4 Å². The van der Waals surface area contributed by atoms with Crippen molar-refractivity contribution in [1.29, 1.82) is 0 Å². The summed E-state index contributed by atoms with van der Waals surface area (Å²) in [7, 11) is 0. The molecule has 0 aromatic heterocycles. The molecule has 0 unspecified atom stereocenters. The van der Waals surface area contributed by atoms with Crippen molar-refractivity contribution in [3.05, 3.63) is 35.9 Å². The largest absolute Gasteiger partial charge is 0.543 e. The molecule has 0 radical (unpaired) electrons. The number of hydrogen-bond donors (Lipinski definition) is 2. The van der Waals surface area contributed by atoms with E-state index in [0.29, 0.717) is 0 Å². The molecular weight excluding hydrogens is 218 g/mol. The summed E-state index contributed by atoms with van der Waals surface area (Å²) in [4.78, 5) is 35.7. The zero-order chi connectivity index (χ0) is 12.0. The van der Waals surface area contributed by atoms with Gasteiger partial charge < -0.3 is 14.7 Å². The number of nitrogens with one attached hydrogen (secondary N) is 1. The highest BCUT2D eigenvalue weighted by Crippen LogP contribution is 1.97. The highest BCUT2D eigenvalue weighted by Gasteiger charge is 2.12. The molecule has 0 aliphatic carbocycles. The Labute approximate surface area is 89.5 Å². The van der Waals surface area contributed by atoms with Gasteiger partial charge in [-0.15, -0.1) is 0 Å². The number of ether oxygens (including phenoxy) is 1. The Balaban J connectivity index is 2.42. The van der Waals surface area contributed by atoms with Crippen molar-refractivity contribution in [2.45, 2.75) is 0 Å². The molecule has 7 nitrogen and oxygen atoms in total. The van der Waals surface area contributed by atoms with Crippen LogP contribution < -0.4 is 5.48 Å². The van der Waals surface area contributed by atoms with Crippen LogP contribution >= 0.6 is 0 Å². The molecule has 0 heterocycles. The minimum absolute atomic E-state index is 0.255. The van der Waals surface area contributed by atoms with Gasteiger partial charge in [-0.25, -0.2) is 9.59 Å². The number of carboxylic acid groups (broad SMARTS) is 1. The van der Waals surface area contributed by atoms with Gasteiger partial charge in [0.15, 0.2) is 0 Å². The molecule has 1 aromatic carbocycles. The van der Waals surface area contributed by atoms with E-state index in [-0.39, 0.29) is 5.56 Å². The SMILES string of the molecule is O=C(O)OC(=O)ONC(=O)c1ccccc1. The lowest BCUT2D eigenvalue weighted by atomic mass is 10.2. The third-order valence-corrected chi connectivity index (χ3v) is 1.43. The predicted molar refractivity (Wildman–Crippen MR) is 49.5 cm³/mol. The van der Waals surface area contributed by atoms with Gasteiger partial charge in [0.25, 0.3) is 5.91 Å². The molecule has 1 aromatic rings. The monoisotopic (exact) mass is 225 g/mol. The minimum atomic E-state index is -1.82. The molecule has 0 aliphatic heterocycles. The lowest BCUT2D eigenvalue weighted by molar-refractivity contribution is 0.0196. The first-order valence-electron chi connectivity index (χ1n) is 4.06. The third-order valence-electron chi connectivity index (χ3n) is 1.43. The van der Waals surface area contributed by atoms with Crippen LogP contribution in [0.2, 0.25) is 0 Å². The van der Waals surface area contributed by atoms with Gasteiger partial charge in [0.1, 0.15) is 0 Å². The van der Waals surface area contributed by atoms with Crippen molar-refractivity contribution >= 4 is 18.2 Å². The second-order valence-electron chi connectivity index (χ2n) is 2.52. The third kappa shape index (κ3) is 3.66. The standard InChI is InChI=1S/C9H7NO6/c11-7(6-4-2-1-3-5-6)10-16-9(14)15-8(12)13/h1-5H,(H,10,11)(H,12,13). The van der Waals surface area contributed by atoms with Crippen molar-refractivity contribution in [3.8, 4) is 0 Å². The average molecular weight is 225 g/mol. The Hall–Kier alpha value is -2.57. The molecule has 1 amide bonds. The second-order valence-corrected chi connectivity index (χ2v) is 2.52. The molecule has 0 saturated heterocycles. The van der Waals surface area contributed by atoms with Crippen molar-refractivity contribution in [2.75, 3.05) is 0 Å². The molecule has 0 spiro atoms. The van der Waals surface area contributed by atoms with Gasteiger partial charge in [0.05, 0.1) is 0 Å². The van der Waals surface area contributed by atoms with E-state index in [1.807, 2.05) is 0 Å². The van der Waals surface area contributed by atoms with Crippen molar-refractivity contribution in [2.24, 2.45) is 0 Å². The fourth-order valence-electron chi connectivity index (χ4n) is 0.829. The van der Waals surface area contributed by atoms with E-state index in [0.717, 1.165) is 0 Å². The molecule has 0 atom stereocenters. The van der Waals surface area contributed by atoms with Gasteiger partial charge in [-0.2, -0.15) is 5.48 Å². The van der Waals surface area contributed by atoms with Gasteiger partial charge in [-0.1, -0.05) is 18.2 Å². The van der Waals surface area contributed by atoms with E-state index in [9.17, 15) is 14.4 Å².